The van der Waals surface area contributed by atoms with Gasteiger partial charge in [-0.05, 0) is 73.6 Å². The number of hydrogen-bond donors (Lipinski definition) is 6. The van der Waals surface area contributed by atoms with Crippen LogP contribution in [0.1, 0.15) is 141 Å². The lowest BCUT2D eigenvalue weighted by molar-refractivity contribution is -0.164. The van der Waals surface area contributed by atoms with Gasteiger partial charge in [0.1, 0.15) is 11.6 Å². The van der Waals surface area contributed by atoms with E-state index in [4.69, 9.17) is 36.8 Å². The first-order chi connectivity index (χ1) is 31.6. The second-order valence-electron chi connectivity index (χ2n) is 16.9. The third-order valence-electron chi connectivity index (χ3n) is 11.2. The van der Waals surface area contributed by atoms with Crippen molar-refractivity contribution in [3.05, 3.63) is 88.2 Å². The van der Waals surface area contributed by atoms with E-state index in [1.54, 1.807) is 6.07 Å². The van der Waals surface area contributed by atoms with E-state index in [9.17, 15) is 23.6 Å². The van der Waals surface area contributed by atoms with Crippen LogP contribution in [-0.4, -0.2) is 64.0 Å². The van der Waals surface area contributed by atoms with Crippen LogP contribution >= 0.6 is 11.6 Å². The molecular weight excluding hydrogens is 863 g/mol. The molecule has 3 aromatic rings. The fourth-order valence-corrected chi connectivity index (χ4v) is 6.76. The molecule has 0 radical (unpaired) electrons. The number of ether oxygens (including phenoxy) is 1. The van der Waals surface area contributed by atoms with Gasteiger partial charge in [0.05, 0.1) is 24.7 Å². The molecule has 3 rings (SSSR count). The SMILES string of the molecule is CCCCCCCCCCOc1ccc(CNCC#CCC(C)(C(=O)O)C(=O)O)cc1Cl.CCCCCCCc1ccc(-c2ccc(CNCC#CCC(C)(C(=O)O)C(=O)O)cc2F)cc1. The first-order valence-corrected chi connectivity index (χ1v) is 23.5. The minimum atomic E-state index is -1.93. The van der Waals surface area contributed by atoms with Crippen LogP contribution < -0.4 is 15.4 Å². The van der Waals surface area contributed by atoms with Crippen molar-refractivity contribution >= 4 is 35.5 Å². The minimum Gasteiger partial charge on any atom is -0.492 e. The van der Waals surface area contributed by atoms with Crippen molar-refractivity contribution in [3.8, 4) is 40.6 Å². The highest BCUT2D eigenvalue weighted by Gasteiger charge is 2.41. The highest BCUT2D eigenvalue weighted by molar-refractivity contribution is 6.32. The number of benzene rings is 3. The van der Waals surface area contributed by atoms with E-state index in [1.807, 2.05) is 36.4 Å². The van der Waals surface area contributed by atoms with Crippen molar-refractivity contribution in [3.63, 3.8) is 0 Å². The molecule has 0 aromatic heterocycles. The number of carboxylic acids is 4. The summed E-state index contributed by atoms with van der Waals surface area (Å²) in [4.78, 5) is 44.4. The van der Waals surface area contributed by atoms with Gasteiger partial charge in [-0.3, -0.25) is 19.2 Å². The van der Waals surface area contributed by atoms with Crippen molar-refractivity contribution in [2.24, 2.45) is 10.8 Å². The van der Waals surface area contributed by atoms with Gasteiger partial charge in [-0.25, -0.2) is 4.39 Å². The van der Waals surface area contributed by atoms with Crippen LogP contribution in [0.5, 0.6) is 5.75 Å². The quantitative estimate of drug-likeness (QED) is 0.0221. The van der Waals surface area contributed by atoms with Gasteiger partial charge in [-0.2, -0.15) is 0 Å². The number of unbranched alkanes of at least 4 members (excludes halogenated alkanes) is 11. The minimum absolute atomic E-state index is 0.235. The highest BCUT2D eigenvalue weighted by atomic mass is 35.5. The normalized spacial score (nSPS) is 11.0. The third kappa shape index (κ3) is 20.8. The molecule has 0 saturated carbocycles. The molecule has 0 bridgehead atoms. The predicted molar refractivity (Wildman–Crippen MR) is 259 cm³/mol. The van der Waals surface area contributed by atoms with Gasteiger partial charge in [-0.1, -0.05) is 150 Å². The average Bonchev–Trinajstić information content (AvgIpc) is 3.28. The Labute approximate surface area is 396 Å². The van der Waals surface area contributed by atoms with Gasteiger partial charge >= 0.3 is 23.9 Å². The molecule has 0 aliphatic carbocycles. The maximum atomic E-state index is 14.7. The maximum Gasteiger partial charge on any atom is 0.321 e. The molecule has 13 heteroatoms. The number of aliphatic carboxylic acids is 4. The summed E-state index contributed by atoms with van der Waals surface area (Å²) in [5.74, 6) is 5.45. The van der Waals surface area contributed by atoms with Gasteiger partial charge in [0.2, 0.25) is 0 Å². The number of nitrogens with one attached hydrogen (secondary N) is 2. The van der Waals surface area contributed by atoms with E-state index in [1.165, 1.54) is 88.7 Å². The molecule has 0 heterocycles. The summed E-state index contributed by atoms with van der Waals surface area (Å²) < 4.78 is 20.5. The van der Waals surface area contributed by atoms with E-state index in [0.717, 1.165) is 43.4 Å². The first kappa shape index (κ1) is 56.7. The largest absolute Gasteiger partial charge is 0.492 e. The van der Waals surface area contributed by atoms with Crippen LogP contribution in [0.2, 0.25) is 5.02 Å². The Kier molecular flexibility index (Phi) is 27.1. The number of carboxylic acid groups (broad SMARTS) is 4. The standard InChI is InChI=1S/C28H34FNO4.C25H36ClNO5/c1-3-4-5-6-7-10-21-11-14-23(15-12-21)24-16-13-22(19-25(24)29)20-30-18-9-8-17-28(2,26(31)32)27(33)34;1-3-4-5-6-7-8-9-12-17-32-22-14-13-20(18-21(22)26)19-27-16-11-10-15-25(2,23(28)29)24(30)31/h11-16,19,30H,3-7,10,17-18,20H2,1-2H3,(H,31,32)(H,33,34);13-14,18,27H,3-9,12,15-17,19H2,1-2H3,(H,28,29)(H,30,31). The molecule has 0 aliphatic rings. The molecule has 3 aromatic carbocycles. The van der Waals surface area contributed by atoms with Crippen LogP contribution in [0.15, 0.2) is 60.7 Å². The third-order valence-corrected chi connectivity index (χ3v) is 11.5. The van der Waals surface area contributed by atoms with Gasteiger partial charge in [0, 0.05) is 31.5 Å². The number of carbonyl (C=O) groups is 4. The number of aryl methyl sites for hydroxylation is 1. The molecule has 0 unspecified atom stereocenters. The molecule has 0 amide bonds. The maximum absolute atomic E-state index is 14.7. The number of halogens is 2. The predicted octanol–water partition coefficient (Wildman–Crippen LogP) is 11.2. The highest BCUT2D eigenvalue weighted by Crippen LogP contribution is 2.27. The van der Waals surface area contributed by atoms with Crippen LogP contribution in [0, 0.1) is 40.3 Å². The average molecular weight is 934 g/mol. The van der Waals surface area contributed by atoms with Crippen molar-refractivity contribution in [1.82, 2.24) is 10.6 Å². The van der Waals surface area contributed by atoms with Crippen molar-refractivity contribution < 1.29 is 48.7 Å². The molecule has 0 fully saturated rings. The lowest BCUT2D eigenvalue weighted by Gasteiger charge is -2.15. The molecule has 0 spiro atoms. The second kappa shape index (κ2) is 31.5. The molecule has 360 valence electrons. The molecule has 11 nitrogen and oxygen atoms in total. The monoisotopic (exact) mass is 932 g/mol. The molecular formula is C53H70ClFN2O9. The Morgan fingerprint density at radius 2 is 1.03 bits per heavy atom. The van der Waals surface area contributed by atoms with Gasteiger partial charge < -0.3 is 35.8 Å². The number of hydrogen-bond acceptors (Lipinski definition) is 7. The summed E-state index contributed by atoms with van der Waals surface area (Å²) in [6, 6.07) is 18.8. The zero-order valence-corrected chi connectivity index (χ0v) is 40.0. The van der Waals surface area contributed by atoms with Crippen molar-refractivity contribution in [1.29, 1.82) is 0 Å². The summed E-state index contributed by atoms with van der Waals surface area (Å²) in [7, 11) is 0. The molecule has 6 N–H and O–H groups in total. The smallest absolute Gasteiger partial charge is 0.321 e. The van der Waals surface area contributed by atoms with Crippen LogP contribution in [0.25, 0.3) is 11.1 Å². The Morgan fingerprint density at radius 1 is 0.591 bits per heavy atom. The second-order valence-corrected chi connectivity index (χ2v) is 17.3. The van der Waals surface area contributed by atoms with Crippen LogP contribution in [-0.2, 0) is 38.7 Å². The summed E-state index contributed by atoms with van der Waals surface area (Å²) in [6.45, 7) is 8.84. The van der Waals surface area contributed by atoms with Gasteiger partial charge in [0.25, 0.3) is 0 Å². The topological polar surface area (TPSA) is 182 Å². The van der Waals surface area contributed by atoms with E-state index >= 15 is 0 Å². The lowest BCUT2D eigenvalue weighted by atomic mass is 9.87. The lowest BCUT2D eigenvalue weighted by Crippen LogP contribution is -2.35. The molecule has 0 atom stereocenters. The zero-order valence-electron chi connectivity index (χ0n) is 39.2. The van der Waals surface area contributed by atoms with E-state index in [-0.39, 0.29) is 25.2 Å². The van der Waals surface area contributed by atoms with Crippen molar-refractivity contribution in [2.45, 2.75) is 144 Å². The van der Waals surface area contributed by atoms with Gasteiger partial charge in [0.15, 0.2) is 10.8 Å². The van der Waals surface area contributed by atoms with Crippen LogP contribution in [0.4, 0.5) is 4.39 Å². The fraction of sp³-hybridized carbons (Fsp3) is 0.509. The van der Waals surface area contributed by atoms with Gasteiger partial charge in [-0.15, -0.1) is 11.8 Å². The van der Waals surface area contributed by atoms with E-state index < -0.39 is 34.7 Å². The Morgan fingerprint density at radius 3 is 1.50 bits per heavy atom. The Bertz CT molecular complexity index is 2070. The van der Waals surface area contributed by atoms with E-state index in [0.29, 0.717) is 42.6 Å². The number of rotatable bonds is 29. The Balaban J connectivity index is 0.000000454. The fourth-order valence-electron chi connectivity index (χ4n) is 6.50. The van der Waals surface area contributed by atoms with Crippen LogP contribution in [0.3, 0.4) is 0 Å². The molecule has 0 aliphatic heterocycles. The molecule has 66 heavy (non-hydrogen) atoms. The van der Waals surface area contributed by atoms with E-state index in [2.05, 4.69) is 60.3 Å². The summed E-state index contributed by atoms with van der Waals surface area (Å²) in [6.07, 6.45) is 16.8. The summed E-state index contributed by atoms with van der Waals surface area (Å²) in [5, 5.41) is 42.9. The summed E-state index contributed by atoms with van der Waals surface area (Å²) in [5.41, 5.74) is 0.570. The Hall–Kier alpha value is -5.40. The van der Waals surface area contributed by atoms with Crippen molar-refractivity contribution in [2.75, 3.05) is 19.7 Å². The zero-order chi connectivity index (χ0) is 48.8. The summed E-state index contributed by atoms with van der Waals surface area (Å²) >= 11 is 6.32. The molecule has 0 saturated heterocycles. The first-order valence-electron chi connectivity index (χ1n) is 23.1.